The molecule has 4 nitrogen and oxygen atoms in total. The number of nitrogen functional groups attached to an aromatic ring is 1. The van der Waals surface area contributed by atoms with E-state index in [0.717, 1.165) is 16.1 Å². The maximum Gasteiger partial charge on any atom is 0.221 e. The molecule has 1 aromatic carbocycles. The summed E-state index contributed by atoms with van der Waals surface area (Å²) in [6, 6.07) is 13.9. The van der Waals surface area contributed by atoms with Gasteiger partial charge in [-0.05, 0) is 17.0 Å². The second-order valence-electron chi connectivity index (χ2n) is 3.96. The van der Waals surface area contributed by atoms with Gasteiger partial charge in [0.15, 0.2) is 0 Å². The molecule has 0 unspecified atom stereocenters. The van der Waals surface area contributed by atoms with Crippen LogP contribution in [0.2, 0.25) is 0 Å². The van der Waals surface area contributed by atoms with Gasteiger partial charge in [-0.3, -0.25) is 0 Å². The number of imidazole rings is 1. The molecule has 0 amide bonds. The van der Waals surface area contributed by atoms with E-state index in [9.17, 15) is 0 Å². The first-order valence-corrected chi connectivity index (χ1v) is 6.69. The predicted molar refractivity (Wildman–Crippen MR) is 79.4 cm³/mol. The van der Waals surface area contributed by atoms with Crippen LogP contribution in [0.3, 0.4) is 0 Å². The highest BCUT2D eigenvalue weighted by molar-refractivity contribution is 7.13. The van der Waals surface area contributed by atoms with E-state index in [2.05, 4.69) is 10.1 Å². The number of nitrogens with zero attached hydrogens (tertiary/aromatic N) is 3. The molecule has 0 bridgehead atoms. The van der Waals surface area contributed by atoms with Crippen LogP contribution in [-0.2, 0) is 0 Å². The van der Waals surface area contributed by atoms with Gasteiger partial charge >= 0.3 is 0 Å². The molecule has 2 N–H and O–H groups in total. The normalized spacial score (nSPS) is 11.2. The van der Waals surface area contributed by atoms with Crippen molar-refractivity contribution in [3.8, 4) is 10.6 Å². The van der Waals surface area contributed by atoms with Crippen LogP contribution < -0.4 is 5.73 Å². The summed E-state index contributed by atoms with van der Waals surface area (Å²) in [5, 5.41) is 6.33. The van der Waals surface area contributed by atoms with Gasteiger partial charge in [-0.15, -0.1) is 11.3 Å². The van der Waals surface area contributed by atoms with Crippen molar-refractivity contribution in [3.05, 3.63) is 59.6 Å². The van der Waals surface area contributed by atoms with E-state index in [0.29, 0.717) is 5.95 Å². The molecule has 0 aliphatic carbocycles. The SMILES string of the molecule is Nc1nc(-c2cccs2)cn1/N=C\c1ccccc1. The molecule has 3 aromatic rings. The highest BCUT2D eigenvalue weighted by Gasteiger charge is 2.06. The van der Waals surface area contributed by atoms with Gasteiger partial charge in [0.25, 0.3) is 0 Å². The fraction of sp³-hybridized carbons (Fsp3) is 0. The van der Waals surface area contributed by atoms with E-state index in [1.807, 2.05) is 54.0 Å². The zero-order chi connectivity index (χ0) is 13.1. The molecule has 2 heterocycles. The number of hydrogen-bond donors (Lipinski definition) is 1. The Morgan fingerprint density at radius 2 is 2.00 bits per heavy atom. The standard InChI is InChI=1S/C14H12N4S/c15-14-17-12(13-7-4-8-19-13)10-18(14)16-9-11-5-2-1-3-6-11/h1-10H,(H2,15,17)/b16-9-. The van der Waals surface area contributed by atoms with Gasteiger partial charge in [0, 0.05) is 0 Å². The van der Waals surface area contributed by atoms with Crippen molar-refractivity contribution in [1.29, 1.82) is 0 Å². The van der Waals surface area contributed by atoms with Gasteiger partial charge in [0.1, 0.15) is 5.69 Å². The number of aromatic nitrogens is 2. The Hall–Kier alpha value is -2.40. The van der Waals surface area contributed by atoms with Crippen molar-refractivity contribution in [2.45, 2.75) is 0 Å². The number of anilines is 1. The monoisotopic (exact) mass is 268 g/mol. The quantitative estimate of drug-likeness (QED) is 0.742. The van der Waals surface area contributed by atoms with E-state index >= 15 is 0 Å². The van der Waals surface area contributed by atoms with Gasteiger partial charge < -0.3 is 5.73 Å². The van der Waals surface area contributed by atoms with Crippen LogP contribution in [-0.4, -0.2) is 15.9 Å². The largest absolute Gasteiger partial charge is 0.368 e. The summed E-state index contributed by atoms with van der Waals surface area (Å²) >= 11 is 1.63. The topological polar surface area (TPSA) is 56.2 Å². The van der Waals surface area contributed by atoms with E-state index in [-0.39, 0.29) is 0 Å². The maximum atomic E-state index is 5.85. The first-order chi connectivity index (χ1) is 9.33. The molecule has 0 saturated heterocycles. The second kappa shape index (κ2) is 5.07. The number of nitrogens with two attached hydrogens (primary N) is 1. The minimum absolute atomic E-state index is 0.385. The third-order valence-corrected chi connectivity index (χ3v) is 3.51. The molecule has 0 aliphatic heterocycles. The lowest BCUT2D eigenvalue weighted by Crippen LogP contribution is -1.96. The van der Waals surface area contributed by atoms with Crippen molar-refractivity contribution >= 4 is 23.5 Å². The Bertz CT molecular complexity index is 684. The highest BCUT2D eigenvalue weighted by Crippen LogP contribution is 2.24. The average Bonchev–Trinajstić information content (AvgIpc) is 3.07. The maximum absolute atomic E-state index is 5.85. The van der Waals surface area contributed by atoms with Crippen molar-refractivity contribution < 1.29 is 0 Å². The molecule has 19 heavy (non-hydrogen) atoms. The molecule has 3 rings (SSSR count). The fourth-order valence-corrected chi connectivity index (χ4v) is 2.37. The molecule has 0 radical (unpaired) electrons. The van der Waals surface area contributed by atoms with E-state index in [4.69, 9.17) is 5.73 Å². The van der Waals surface area contributed by atoms with E-state index < -0.39 is 0 Å². The minimum atomic E-state index is 0.385. The summed E-state index contributed by atoms with van der Waals surface area (Å²) in [5.74, 6) is 0.385. The minimum Gasteiger partial charge on any atom is -0.368 e. The zero-order valence-corrected chi connectivity index (χ0v) is 10.9. The van der Waals surface area contributed by atoms with Crippen LogP contribution in [0.1, 0.15) is 5.56 Å². The summed E-state index contributed by atoms with van der Waals surface area (Å²) in [6.45, 7) is 0. The Balaban J connectivity index is 1.88. The lowest BCUT2D eigenvalue weighted by molar-refractivity contribution is 0.898. The van der Waals surface area contributed by atoms with Crippen molar-refractivity contribution in [3.63, 3.8) is 0 Å². The van der Waals surface area contributed by atoms with E-state index in [1.54, 1.807) is 22.2 Å². The molecule has 0 fully saturated rings. The Morgan fingerprint density at radius 1 is 1.16 bits per heavy atom. The molecular formula is C14H12N4S. The van der Waals surface area contributed by atoms with Crippen LogP contribution >= 0.6 is 11.3 Å². The molecule has 0 saturated carbocycles. The smallest absolute Gasteiger partial charge is 0.221 e. The summed E-state index contributed by atoms with van der Waals surface area (Å²) in [6.07, 6.45) is 3.59. The Labute approximate surface area is 114 Å². The van der Waals surface area contributed by atoms with E-state index in [1.165, 1.54) is 0 Å². The Kier molecular flexibility index (Phi) is 3.12. The van der Waals surface area contributed by atoms with Crippen LogP contribution in [0.4, 0.5) is 5.95 Å². The number of benzene rings is 1. The Morgan fingerprint density at radius 3 is 2.74 bits per heavy atom. The van der Waals surface area contributed by atoms with Gasteiger partial charge in [-0.2, -0.15) is 5.10 Å². The van der Waals surface area contributed by atoms with Gasteiger partial charge in [0.05, 0.1) is 17.3 Å². The first kappa shape index (κ1) is 11.7. The van der Waals surface area contributed by atoms with Crippen LogP contribution in [0.25, 0.3) is 10.6 Å². The highest BCUT2D eigenvalue weighted by atomic mass is 32.1. The summed E-state index contributed by atoms with van der Waals surface area (Å²) in [5.41, 5.74) is 7.72. The zero-order valence-electron chi connectivity index (χ0n) is 10.1. The molecule has 5 heteroatoms. The van der Waals surface area contributed by atoms with Crippen LogP contribution in [0.5, 0.6) is 0 Å². The lowest BCUT2D eigenvalue weighted by Gasteiger charge is -1.94. The summed E-state index contributed by atoms with van der Waals surface area (Å²) < 4.78 is 1.59. The summed E-state index contributed by atoms with van der Waals surface area (Å²) in [4.78, 5) is 5.39. The molecule has 94 valence electrons. The van der Waals surface area contributed by atoms with Crippen LogP contribution in [0.15, 0.2) is 59.1 Å². The van der Waals surface area contributed by atoms with Gasteiger partial charge in [0.2, 0.25) is 5.95 Å². The number of hydrogen-bond acceptors (Lipinski definition) is 4. The van der Waals surface area contributed by atoms with Crippen molar-refractivity contribution in [2.24, 2.45) is 5.10 Å². The van der Waals surface area contributed by atoms with Crippen molar-refractivity contribution in [2.75, 3.05) is 5.73 Å². The average molecular weight is 268 g/mol. The number of rotatable bonds is 3. The molecule has 2 aromatic heterocycles. The summed E-state index contributed by atoms with van der Waals surface area (Å²) in [7, 11) is 0. The van der Waals surface area contributed by atoms with Crippen molar-refractivity contribution in [1.82, 2.24) is 9.66 Å². The van der Waals surface area contributed by atoms with Crippen LogP contribution in [0, 0.1) is 0 Å². The molecule has 0 atom stereocenters. The fourth-order valence-electron chi connectivity index (χ4n) is 1.69. The number of thiophene rings is 1. The molecule has 0 spiro atoms. The van der Waals surface area contributed by atoms with Gasteiger partial charge in [-0.1, -0.05) is 36.4 Å². The third-order valence-electron chi connectivity index (χ3n) is 2.62. The molecular weight excluding hydrogens is 256 g/mol. The first-order valence-electron chi connectivity index (χ1n) is 5.81. The third kappa shape index (κ3) is 2.56. The second-order valence-corrected chi connectivity index (χ2v) is 4.91. The van der Waals surface area contributed by atoms with Gasteiger partial charge in [-0.25, -0.2) is 9.66 Å². The lowest BCUT2D eigenvalue weighted by atomic mass is 10.2. The predicted octanol–water partition coefficient (Wildman–Crippen LogP) is 3.08. The molecule has 0 aliphatic rings.